The van der Waals surface area contributed by atoms with E-state index in [-0.39, 0.29) is 6.61 Å². The van der Waals surface area contributed by atoms with Gasteiger partial charge in [-0.3, -0.25) is 20.4 Å². The van der Waals surface area contributed by atoms with Crippen LogP contribution in [-0.4, -0.2) is 24.5 Å². The number of amides is 2. The zero-order valence-electron chi connectivity index (χ0n) is 15.8. The summed E-state index contributed by atoms with van der Waals surface area (Å²) in [6.45, 7) is 3.35. The third kappa shape index (κ3) is 5.01. The molecule has 2 N–H and O–H groups in total. The van der Waals surface area contributed by atoms with Crippen molar-refractivity contribution in [3.63, 3.8) is 0 Å². The summed E-state index contributed by atoms with van der Waals surface area (Å²) in [4.78, 5) is 24.1. The van der Waals surface area contributed by atoms with Crippen molar-refractivity contribution in [3.05, 3.63) is 72.3 Å². The van der Waals surface area contributed by atoms with Crippen LogP contribution in [0.2, 0.25) is 0 Å². The molecular weight excluding hydrogens is 356 g/mol. The van der Waals surface area contributed by atoms with Crippen LogP contribution in [0.3, 0.4) is 0 Å². The van der Waals surface area contributed by atoms with Crippen molar-refractivity contribution in [2.45, 2.75) is 20.0 Å². The minimum absolute atomic E-state index is 0.221. The monoisotopic (exact) mass is 378 g/mol. The Morgan fingerprint density at radius 1 is 0.929 bits per heavy atom. The lowest BCUT2D eigenvalue weighted by Gasteiger charge is -2.15. The number of carbonyl (C=O) groups excluding carboxylic acids is 2. The van der Waals surface area contributed by atoms with Gasteiger partial charge in [0.2, 0.25) is 0 Å². The van der Waals surface area contributed by atoms with Crippen LogP contribution in [0.25, 0.3) is 10.8 Å². The Bertz CT molecular complexity index is 964. The first-order valence-electron chi connectivity index (χ1n) is 8.95. The molecule has 0 saturated carbocycles. The third-order valence-corrected chi connectivity index (χ3v) is 4.14. The summed E-state index contributed by atoms with van der Waals surface area (Å²) in [7, 11) is 0. The number of rotatable bonds is 6. The van der Waals surface area contributed by atoms with Crippen LogP contribution in [0.1, 0.15) is 12.5 Å². The number of fused-ring (bicyclic) bond motifs is 1. The van der Waals surface area contributed by atoms with Crippen LogP contribution < -0.4 is 20.3 Å². The molecule has 3 rings (SSSR count). The molecule has 0 aliphatic heterocycles. The Hall–Kier alpha value is -3.54. The van der Waals surface area contributed by atoms with Gasteiger partial charge in [-0.15, -0.1) is 0 Å². The molecule has 0 aliphatic carbocycles. The van der Waals surface area contributed by atoms with Gasteiger partial charge in [0.15, 0.2) is 12.7 Å². The second-order valence-corrected chi connectivity index (χ2v) is 6.38. The predicted octanol–water partition coefficient (Wildman–Crippen LogP) is 3.14. The van der Waals surface area contributed by atoms with E-state index in [1.54, 1.807) is 25.1 Å². The molecule has 0 radical (unpaired) electrons. The van der Waals surface area contributed by atoms with Gasteiger partial charge < -0.3 is 9.47 Å². The second kappa shape index (κ2) is 8.90. The Balaban J connectivity index is 1.47. The highest BCUT2D eigenvalue weighted by Crippen LogP contribution is 2.24. The van der Waals surface area contributed by atoms with Gasteiger partial charge in [0.25, 0.3) is 11.8 Å². The van der Waals surface area contributed by atoms with Crippen LogP contribution in [0.5, 0.6) is 11.5 Å². The highest BCUT2D eigenvalue weighted by Gasteiger charge is 2.15. The normalized spacial score (nSPS) is 11.5. The van der Waals surface area contributed by atoms with Crippen molar-refractivity contribution >= 4 is 22.6 Å². The van der Waals surface area contributed by atoms with E-state index in [0.717, 1.165) is 16.3 Å². The topological polar surface area (TPSA) is 76.7 Å². The maximum absolute atomic E-state index is 12.1. The standard InChI is InChI=1S/C22H22N2O4/c1-15-10-12-18(13-11-15)28-16(2)22(26)24-23-21(25)14-27-20-9-5-7-17-6-3-4-8-19(17)20/h3-13,16H,14H2,1-2H3,(H,23,25)(H,24,26)/t16-/m0/s1. The van der Waals surface area contributed by atoms with Crippen molar-refractivity contribution in [1.29, 1.82) is 0 Å². The minimum atomic E-state index is -0.762. The number of benzene rings is 3. The van der Waals surface area contributed by atoms with Crippen molar-refractivity contribution in [2.75, 3.05) is 6.61 Å². The van der Waals surface area contributed by atoms with Crippen LogP contribution in [0, 0.1) is 6.92 Å². The van der Waals surface area contributed by atoms with Gasteiger partial charge in [-0.2, -0.15) is 0 Å². The fourth-order valence-electron chi connectivity index (χ4n) is 2.61. The molecular formula is C22H22N2O4. The molecule has 0 aliphatic rings. The first kappa shape index (κ1) is 19.2. The number of carbonyl (C=O) groups is 2. The molecule has 0 aromatic heterocycles. The van der Waals surface area contributed by atoms with Crippen LogP contribution in [-0.2, 0) is 9.59 Å². The Morgan fingerprint density at radius 3 is 2.43 bits per heavy atom. The highest BCUT2D eigenvalue weighted by molar-refractivity contribution is 5.89. The van der Waals surface area contributed by atoms with Crippen LogP contribution in [0.15, 0.2) is 66.7 Å². The molecule has 0 saturated heterocycles. The van der Waals surface area contributed by atoms with Gasteiger partial charge in [-0.25, -0.2) is 0 Å². The minimum Gasteiger partial charge on any atom is -0.483 e. The molecule has 1 atom stereocenters. The van der Waals surface area contributed by atoms with Crippen LogP contribution in [0.4, 0.5) is 0 Å². The zero-order chi connectivity index (χ0) is 19.9. The van der Waals surface area contributed by atoms with E-state index in [1.807, 2.05) is 55.5 Å². The van der Waals surface area contributed by atoms with E-state index in [0.29, 0.717) is 11.5 Å². The number of hydrazine groups is 1. The van der Waals surface area contributed by atoms with E-state index >= 15 is 0 Å². The maximum atomic E-state index is 12.1. The second-order valence-electron chi connectivity index (χ2n) is 6.38. The quantitative estimate of drug-likeness (QED) is 0.646. The van der Waals surface area contributed by atoms with Gasteiger partial charge in [-0.05, 0) is 37.4 Å². The average molecular weight is 378 g/mol. The van der Waals surface area contributed by atoms with Gasteiger partial charge in [0.05, 0.1) is 0 Å². The lowest BCUT2D eigenvalue weighted by Crippen LogP contribution is -2.48. The zero-order valence-corrected chi connectivity index (χ0v) is 15.8. The van der Waals surface area contributed by atoms with Crippen molar-refractivity contribution < 1.29 is 19.1 Å². The van der Waals surface area contributed by atoms with E-state index in [9.17, 15) is 9.59 Å². The SMILES string of the molecule is Cc1ccc(O[C@@H](C)C(=O)NNC(=O)COc2cccc3ccccc23)cc1. The lowest BCUT2D eigenvalue weighted by molar-refractivity contribution is -0.133. The largest absolute Gasteiger partial charge is 0.483 e. The number of aryl methyl sites for hydroxylation is 1. The van der Waals surface area contributed by atoms with E-state index in [1.165, 1.54) is 0 Å². The molecule has 0 heterocycles. The molecule has 28 heavy (non-hydrogen) atoms. The van der Waals surface area contributed by atoms with E-state index in [2.05, 4.69) is 10.9 Å². The van der Waals surface area contributed by atoms with Gasteiger partial charge in [0.1, 0.15) is 11.5 Å². The first-order valence-corrected chi connectivity index (χ1v) is 8.95. The number of nitrogens with one attached hydrogen (secondary N) is 2. The summed E-state index contributed by atoms with van der Waals surface area (Å²) < 4.78 is 11.1. The summed E-state index contributed by atoms with van der Waals surface area (Å²) in [6.07, 6.45) is -0.762. The highest BCUT2D eigenvalue weighted by atomic mass is 16.5. The molecule has 6 heteroatoms. The summed E-state index contributed by atoms with van der Waals surface area (Å²) in [5.74, 6) is 0.262. The van der Waals surface area contributed by atoms with Crippen molar-refractivity contribution in [1.82, 2.24) is 10.9 Å². The van der Waals surface area contributed by atoms with Gasteiger partial charge in [-0.1, -0.05) is 54.1 Å². The summed E-state index contributed by atoms with van der Waals surface area (Å²) >= 11 is 0. The van der Waals surface area contributed by atoms with Crippen LogP contribution >= 0.6 is 0 Å². The fourth-order valence-corrected chi connectivity index (χ4v) is 2.61. The van der Waals surface area contributed by atoms with E-state index < -0.39 is 17.9 Å². The van der Waals surface area contributed by atoms with Gasteiger partial charge in [0, 0.05) is 5.39 Å². The molecule has 0 bridgehead atoms. The summed E-state index contributed by atoms with van der Waals surface area (Å²) in [5, 5.41) is 1.94. The lowest BCUT2D eigenvalue weighted by atomic mass is 10.1. The molecule has 0 unspecified atom stereocenters. The van der Waals surface area contributed by atoms with Crippen molar-refractivity contribution in [3.8, 4) is 11.5 Å². The molecule has 6 nitrogen and oxygen atoms in total. The first-order chi connectivity index (χ1) is 13.5. The molecule has 3 aromatic rings. The molecule has 0 fully saturated rings. The molecule has 144 valence electrons. The number of ether oxygens (including phenoxy) is 2. The summed E-state index contributed by atoms with van der Waals surface area (Å²) in [5.41, 5.74) is 5.78. The third-order valence-electron chi connectivity index (χ3n) is 4.14. The van der Waals surface area contributed by atoms with Gasteiger partial charge >= 0.3 is 0 Å². The average Bonchev–Trinajstić information content (AvgIpc) is 2.72. The van der Waals surface area contributed by atoms with Crippen molar-refractivity contribution in [2.24, 2.45) is 0 Å². The molecule has 3 aromatic carbocycles. The van der Waals surface area contributed by atoms with E-state index in [4.69, 9.17) is 9.47 Å². The number of hydrogen-bond acceptors (Lipinski definition) is 4. The summed E-state index contributed by atoms with van der Waals surface area (Å²) in [6, 6.07) is 20.7. The molecule has 2 amide bonds. The Kier molecular flexibility index (Phi) is 6.11. The molecule has 0 spiro atoms. The number of hydrogen-bond donors (Lipinski definition) is 2. The maximum Gasteiger partial charge on any atom is 0.279 e. The Labute approximate surface area is 163 Å². The fraction of sp³-hybridized carbons (Fsp3) is 0.182. The predicted molar refractivity (Wildman–Crippen MR) is 107 cm³/mol. The Morgan fingerprint density at radius 2 is 1.64 bits per heavy atom. The smallest absolute Gasteiger partial charge is 0.279 e.